The predicted octanol–water partition coefficient (Wildman–Crippen LogP) is 1.36. The van der Waals surface area contributed by atoms with Crippen molar-refractivity contribution in [2.24, 2.45) is 16.6 Å². The summed E-state index contributed by atoms with van der Waals surface area (Å²) in [6.07, 6.45) is 0.924. The van der Waals surface area contributed by atoms with Gasteiger partial charge in [-0.15, -0.1) is 0 Å². The number of nitrogens with two attached hydrogens (primary N) is 2. The fraction of sp³-hybridized carbons (Fsp3) is 0.417. The molecule has 1 heterocycles. The number of nitrogens with zero attached hydrogens (tertiary/aromatic N) is 1. The average Bonchev–Trinajstić information content (AvgIpc) is 3.01. The Balaban J connectivity index is 2.13. The molecule has 90 valence electrons. The monoisotopic (exact) mass is 235 g/mol. The molecular formula is C12H14FN3O. The normalized spacial score (nSPS) is 34.6. The number of nitrogen functional groups attached to an aromatic ring is 1. The molecule has 1 aliphatic carbocycles. The topological polar surface area (TPSA) is 73.6 Å². The summed E-state index contributed by atoms with van der Waals surface area (Å²) in [5, 5.41) is 0. The molecule has 2 aliphatic rings. The molecule has 1 aliphatic heterocycles. The fourth-order valence-corrected chi connectivity index (χ4v) is 2.58. The van der Waals surface area contributed by atoms with Gasteiger partial charge in [-0.05, 0) is 31.5 Å². The zero-order chi connectivity index (χ0) is 12.2. The van der Waals surface area contributed by atoms with E-state index in [9.17, 15) is 4.39 Å². The van der Waals surface area contributed by atoms with Crippen LogP contribution >= 0.6 is 0 Å². The molecule has 1 aromatic rings. The molecule has 0 amide bonds. The van der Waals surface area contributed by atoms with Crippen LogP contribution in [0.25, 0.3) is 0 Å². The first kappa shape index (κ1) is 10.4. The molecule has 1 aromatic carbocycles. The van der Waals surface area contributed by atoms with Crippen molar-refractivity contribution >= 4 is 11.7 Å². The van der Waals surface area contributed by atoms with Gasteiger partial charge in [-0.2, -0.15) is 0 Å². The van der Waals surface area contributed by atoms with Crippen molar-refractivity contribution in [3.05, 3.63) is 29.6 Å². The van der Waals surface area contributed by atoms with Gasteiger partial charge >= 0.3 is 0 Å². The number of hydrogen-bond acceptors (Lipinski definition) is 4. The van der Waals surface area contributed by atoms with Crippen molar-refractivity contribution in [3.63, 3.8) is 0 Å². The van der Waals surface area contributed by atoms with Crippen LogP contribution < -0.4 is 11.5 Å². The van der Waals surface area contributed by atoms with Gasteiger partial charge in [0.2, 0.25) is 0 Å². The lowest BCUT2D eigenvalue weighted by atomic mass is 9.86. The highest BCUT2D eigenvalue weighted by Gasteiger charge is 2.57. The van der Waals surface area contributed by atoms with Gasteiger partial charge in [0, 0.05) is 17.2 Å². The van der Waals surface area contributed by atoms with E-state index in [4.69, 9.17) is 16.2 Å². The lowest BCUT2D eigenvalue weighted by Crippen LogP contribution is -2.35. The van der Waals surface area contributed by atoms with Gasteiger partial charge in [-0.1, -0.05) is 0 Å². The molecule has 0 spiro atoms. The Kier molecular flexibility index (Phi) is 1.91. The van der Waals surface area contributed by atoms with Crippen LogP contribution in [0.1, 0.15) is 18.9 Å². The Hall–Kier alpha value is -1.78. The molecule has 4 N–H and O–H groups in total. The van der Waals surface area contributed by atoms with Crippen LogP contribution in [-0.4, -0.2) is 12.1 Å². The van der Waals surface area contributed by atoms with E-state index in [0.29, 0.717) is 11.3 Å². The number of rotatable bonds is 1. The van der Waals surface area contributed by atoms with Gasteiger partial charge in [0.25, 0.3) is 6.02 Å². The highest BCUT2D eigenvalue weighted by molar-refractivity contribution is 5.74. The Bertz CT molecular complexity index is 516. The lowest BCUT2D eigenvalue weighted by molar-refractivity contribution is 0.202. The summed E-state index contributed by atoms with van der Waals surface area (Å²) in [5.74, 6) is -0.114. The van der Waals surface area contributed by atoms with E-state index in [0.717, 1.165) is 6.42 Å². The SMILES string of the molecule is C[C@@]1(c2cc(N)ccc2F)N=C(N)O[C@@H]2C[C@@H]21. The molecular weight excluding hydrogens is 221 g/mol. The van der Waals surface area contributed by atoms with E-state index in [1.165, 1.54) is 6.07 Å². The molecule has 0 bridgehead atoms. The Labute approximate surface area is 98.5 Å². The molecule has 0 radical (unpaired) electrons. The zero-order valence-corrected chi connectivity index (χ0v) is 9.48. The Morgan fingerprint density at radius 3 is 3.00 bits per heavy atom. The minimum absolute atomic E-state index is 0.0679. The minimum Gasteiger partial charge on any atom is -0.462 e. The molecule has 0 saturated heterocycles. The number of anilines is 1. The molecule has 3 atom stereocenters. The Morgan fingerprint density at radius 2 is 2.24 bits per heavy atom. The van der Waals surface area contributed by atoms with Crippen LogP contribution in [0.4, 0.5) is 10.1 Å². The summed E-state index contributed by atoms with van der Waals surface area (Å²) in [6, 6.07) is 4.67. The highest BCUT2D eigenvalue weighted by Crippen LogP contribution is 2.53. The fourth-order valence-electron chi connectivity index (χ4n) is 2.58. The first-order valence-corrected chi connectivity index (χ1v) is 5.58. The van der Waals surface area contributed by atoms with E-state index in [1.54, 1.807) is 12.1 Å². The molecule has 17 heavy (non-hydrogen) atoms. The van der Waals surface area contributed by atoms with E-state index in [1.807, 2.05) is 6.92 Å². The molecule has 4 nitrogen and oxygen atoms in total. The maximum absolute atomic E-state index is 13.9. The summed E-state index contributed by atoms with van der Waals surface area (Å²) in [6.45, 7) is 1.88. The van der Waals surface area contributed by atoms with Crippen LogP contribution in [0.15, 0.2) is 23.2 Å². The van der Waals surface area contributed by atoms with Crippen LogP contribution in [0.5, 0.6) is 0 Å². The van der Waals surface area contributed by atoms with Gasteiger partial charge in [-0.3, -0.25) is 0 Å². The third-order valence-corrected chi connectivity index (χ3v) is 3.60. The van der Waals surface area contributed by atoms with Crippen LogP contribution in [0.2, 0.25) is 0 Å². The van der Waals surface area contributed by atoms with Crippen molar-refractivity contribution < 1.29 is 9.13 Å². The van der Waals surface area contributed by atoms with E-state index >= 15 is 0 Å². The van der Waals surface area contributed by atoms with E-state index in [2.05, 4.69) is 4.99 Å². The van der Waals surface area contributed by atoms with Crippen molar-refractivity contribution in [2.45, 2.75) is 25.0 Å². The van der Waals surface area contributed by atoms with Crippen molar-refractivity contribution in [1.29, 1.82) is 0 Å². The zero-order valence-electron chi connectivity index (χ0n) is 9.48. The minimum atomic E-state index is -0.660. The van der Waals surface area contributed by atoms with Crippen LogP contribution in [0.3, 0.4) is 0 Å². The summed E-state index contributed by atoms with van der Waals surface area (Å²) in [4.78, 5) is 4.29. The van der Waals surface area contributed by atoms with Crippen LogP contribution in [0, 0.1) is 11.7 Å². The number of benzene rings is 1. The van der Waals surface area contributed by atoms with Gasteiger partial charge in [0.05, 0.1) is 5.54 Å². The summed E-state index contributed by atoms with van der Waals surface area (Å²) < 4.78 is 19.2. The van der Waals surface area contributed by atoms with Gasteiger partial charge in [0.1, 0.15) is 11.9 Å². The van der Waals surface area contributed by atoms with Crippen molar-refractivity contribution in [3.8, 4) is 0 Å². The van der Waals surface area contributed by atoms with E-state index < -0.39 is 5.54 Å². The number of amidine groups is 1. The second kappa shape index (κ2) is 3.12. The number of ether oxygens (including phenoxy) is 1. The second-order valence-corrected chi connectivity index (χ2v) is 4.84. The molecule has 0 unspecified atom stereocenters. The smallest absolute Gasteiger partial charge is 0.283 e. The lowest BCUT2D eigenvalue weighted by Gasteiger charge is -2.30. The first-order chi connectivity index (χ1) is 8.00. The maximum Gasteiger partial charge on any atom is 0.283 e. The largest absolute Gasteiger partial charge is 0.462 e. The first-order valence-electron chi connectivity index (χ1n) is 5.58. The molecule has 1 fully saturated rings. The third kappa shape index (κ3) is 1.45. The summed E-state index contributed by atoms with van der Waals surface area (Å²) in [7, 11) is 0. The van der Waals surface area contributed by atoms with Crippen molar-refractivity contribution in [1.82, 2.24) is 0 Å². The molecule has 1 saturated carbocycles. The predicted molar refractivity (Wildman–Crippen MR) is 62.8 cm³/mol. The standard InChI is InChI=1S/C12H14FN3O/c1-12(7-4-6(14)2-3-9(7)13)8-5-10(8)17-11(15)16-12/h2-4,8,10H,5,14H2,1H3,(H2,15,16)/t8-,10+,12-/m0/s1. The quantitative estimate of drug-likeness (QED) is 0.722. The summed E-state index contributed by atoms with van der Waals surface area (Å²) in [5.41, 5.74) is 11.7. The summed E-state index contributed by atoms with van der Waals surface area (Å²) >= 11 is 0. The van der Waals surface area contributed by atoms with Crippen molar-refractivity contribution in [2.75, 3.05) is 5.73 Å². The van der Waals surface area contributed by atoms with E-state index in [-0.39, 0.29) is 23.9 Å². The number of aliphatic imine (C=N–C) groups is 1. The third-order valence-electron chi connectivity index (χ3n) is 3.60. The molecule has 0 aromatic heterocycles. The van der Waals surface area contributed by atoms with Gasteiger partial charge < -0.3 is 16.2 Å². The highest BCUT2D eigenvalue weighted by atomic mass is 19.1. The van der Waals surface area contributed by atoms with Gasteiger partial charge in [0.15, 0.2) is 0 Å². The van der Waals surface area contributed by atoms with Gasteiger partial charge in [-0.25, -0.2) is 9.38 Å². The average molecular weight is 235 g/mol. The number of hydrogen-bond donors (Lipinski definition) is 2. The molecule has 3 rings (SSSR count). The Morgan fingerprint density at radius 1 is 1.47 bits per heavy atom. The van der Waals surface area contributed by atoms with Crippen LogP contribution in [-0.2, 0) is 10.3 Å². The number of halogens is 1. The molecule has 5 heteroatoms. The second-order valence-electron chi connectivity index (χ2n) is 4.84. The maximum atomic E-state index is 13.9. The number of fused-ring (bicyclic) bond motifs is 1.